The molecule has 5 heteroatoms. The van der Waals surface area contributed by atoms with E-state index in [0.717, 1.165) is 6.42 Å². The van der Waals surface area contributed by atoms with Crippen LogP contribution in [0.3, 0.4) is 0 Å². The highest BCUT2D eigenvalue weighted by atomic mass is 16.6. The number of benzene rings is 1. The molecule has 1 aromatic carbocycles. The number of carbonyl (C=O) groups excluding carboxylic acids is 1. The van der Waals surface area contributed by atoms with Crippen molar-refractivity contribution in [2.24, 2.45) is 0 Å². The van der Waals surface area contributed by atoms with Gasteiger partial charge in [0.05, 0.1) is 11.0 Å². The number of nitrogens with zero attached hydrogens (tertiary/aromatic N) is 1. The van der Waals surface area contributed by atoms with Gasteiger partial charge < -0.3 is 5.32 Å². The van der Waals surface area contributed by atoms with E-state index >= 15 is 0 Å². The lowest BCUT2D eigenvalue weighted by Crippen LogP contribution is -2.34. The highest BCUT2D eigenvalue weighted by molar-refractivity contribution is 5.99. The summed E-state index contributed by atoms with van der Waals surface area (Å²) >= 11 is 0. The van der Waals surface area contributed by atoms with Crippen molar-refractivity contribution in [3.63, 3.8) is 0 Å². The van der Waals surface area contributed by atoms with E-state index in [0.29, 0.717) is 12.0 Å². The Kier molecular flexibility index (Phi) is 5.07. The molecule has 1 unspecified atom stereocenters. The zero-order valence-electron chi connectivity index (χ0n) is 11.0. The summed E-state index contributed by atoms with van der Waals surface area (Å²) < 4.78 is 0. The van der Waals surface area contributed by atoms with Crippen LogP contribution in [0.4, 0.5) is 5.69 Å². The normalized spacial score (nSPS) is 11.4. The number of carbonyl (C=O) groups is 1. The van der Waals surface area contributed by atoms with E-state index in [1.807, 2.05) is 6.92 Å². The second kappa shape index (κ2) is 6.55. The molecule has 100 valence electrons. The first kappa shape index (κ1) is 14.7. The summed E-state index contributed by atoms with van der Waals surface area (Å²) in [7, 11) is 0. The number of nitrogens with one attached hydrogen (secondary N) is 1. The van der Waals surface area contributed by atoms with Crippen molar-refractivity contribution in [2.75, 3.05) is 0 Å². The minimum atomic E-state index is -0.563. The molecule has 19 heavy (non-hydrogen) atoms. The molecular weight excluding hydrogens is 244 g/mol. The molecule has 1 atom stereocenters. The van der Waals surface area contributed by atoms with Crippen LogP contribution in [0.1, 0.15) is 35.7 Å². The average molecular weight is 260 g/mol. The highest BCUT2D eigenvalue weighted by Crippen LogP contribution is 2.21. The van der Waals surface area contributed by atoms with E-state index in [-0.39, 0.29) is 11.3 Å². The lowest BCUT2D eigenvalue weighted by Gasteiger charge is -2.13. The van der Waals surface area contributed by atoms with Crippen molar-refractivity contribution in [1.82, 2.24) is 5.32 Å². The van der Waals surface area contributed by atoms with E-state index in [1.54, 1.807) is 19.1 Å². The van der Waals surface area contributed by atoms with Gasteiger partial charge in [-0.3, -0.25) is 14.9 Å². The van der Waals surface area contributed by atoms with E-state index in [1.165, 1.54) is 6.07 Å². The summed E-state index contributed by atoms with van der Waals surface area (Å²) in [5.74, 6) is 1.97. The molecule has 0 saturated heterocycles. The van der Waals surface area contributed by atoms with E-state index < -0.39 is 16.9 Å². The Balaban J connectivity index is 3.06. The predicted molar refractivity (Wildman–Crippen MR) is 72.8 cm³/mol. The maximum Gasteiger partial charge on any atom is 0.282 e. The Labute approximate surface area is 112 Å². The van der Waals surface area contributed by atoms with Crippen molar-refractivity contribution in [1.29, 1.82) is 0 Å². The molecule has 0 aromatic heterocycles. The standard InChI is InChI=1S/C14H16N2O3/c1-4-7-11(5-2)15-14(17)13-10(3)8-6-9-12(13)16(18)19/h2,6,8-9,11H,4,7H2,1,3H3,(H,15,17). The Morgan fingerprint density at radius 2 is 2.26 bits per heavy atom. The van der Waals surface area contributed by atoms with Gasteiger partial charge in [-0.15, -0.1) is 6.42 Å². The number of amides is 1. The fraction of sp³-hybridized carbons (Fsp3) is 0.357. The van der Waals surface area contributed by atoms with Gasteiger partial charge in [-0.25, -0.2) is 0 Å². The van der Waals surface area contributed by atoms with Gasteiger partial charge >= 0.3 is 0 Å². The van der Waals surface area contributed by atoms with Crippen LogP contribution in [-0.4, -0.2) is 16.9 Å². The lowest BCUT2D eigenvalue weighted by molar-refractivity contribution is -0.385. The second-order valence-electron chi connectivity index (χ2n) is 4.21. The molecule has 0 aliphatic heterocycles. The number of hydrogen-bond acceptors (Lipinski definition) is 3. The van der Waals surface area contributed by atoms with Crippen LogP contribution in [0.5, 0.6) is 0 Å². The maximum absolute atomic E-state index is 12.1. The fourth-order valence-corrected chi connectivity index (χ4v) is 1.82. The van der Waals surface area contributed by atoms with Crippen molar-refractivity contribution < 1.29 is 9.72 Å². The van der Waals surface area contributed by atoms with Crippen LogP contribution in [0, 0.1) is 29.4 Å². The van der Waals surface area contributed by atoms with Crippen LogP contribution in [-0.2, 0) is 0 Å². The fourth-order valence-electron chi connectivity index (χ4n) is 1.82. The lowest BCUT2D eigenvalue weighted by atomic mass is 10.0. The van der Waals surface area contributed by atoms with Crippen LogP contribution >= 0.6 is 0 Å². The first-order chi connectivity index (χ1) is 9.01. The third kappa shape index (κ3) is 3.55. The molecule has 0 spiro atoms. The molecule has 0 heterocycles. The van der Waals surface area contributed by atoms with Gasteiger partial charge in [-0.05, 0) is 18.9 Å². The van der Waals surface area contributed by atoms with Gasteiger partial charge in [-0.2, -0.15) is 0 Å². The first-order valence-electron chi connectivity index (χ1n) is 6.02. The number of rotatable bonds is 5. The summed E-state index contributed by atoms with van der Waals surface area (Å²) in [5, 5.41) is 13.6. The van der Waals surface area contributed by atoms with Crippen LogP contribution in [0.25, 0.3) is 0 Å². The largest absolute Gasteiger partial charge is 0.338 e. The predicted octanol–water partition coefficient (Wildman–Crippen LogP) is 2.43. The summed E-state index contributed by atoms with van der Waals surface area (Å²) in [6.07, 6.45) is 6.79. The summed E-state index contributed by atoms with van der Waals surface area (Å²) in [5.41, 5.74) is 0.424. The van der Waals surface area contributed by atoms with Crippen LogP contribution in [0.15, 0.2) is 18.2 Å². The molecule has 1 aromatic rings. The molecule has 1 amide bonds. The topological polar surface area (TPSA) is 72.2 Å². The quantitative estimate of drug-likeness (QED) is 0.502. The molecular formula is C14H16N2O3. The van der Waals surface area contributed by atoms with Crippen molar-refractivity contribution in [2.45, 2.75) is 32.7 Å². The van der Waals surface area contributed by atoms with Crippen LogP contribution in [0.2, 0.25) is 0 Å². The molecule has 1 rings (SSSR count). The van der Waals surface area contributed by atoms with E-state index in [2.05, 4.69) is 11.2 Å². The summed E-state index contributed by atoms with van der Waals surface area (Å²) in [4.78, 5) is 22.5. The minimum Gasteiger partial charge on any atom is -0.338 e. The van der Waals surface area contributed by atoms with Gasteiger partial charge in [0.1, 0.15) is 5.56 Å². The summed E-state index contributed by atoms with van der Waals surface area (Å²) in [6, 6.07) is 4.12. The zero-order valence-corrected chi connectivity index (χ0v) is 11.0. The Morgan fingerprint density at radius 3 is 2.79 bits per heavy atom. The highest BCUT2D eigenvalue weighted by Gasteiger charge is 2.23. The molecule has 0 fully saturated rings. The van der Waals surface area contributed by atoms with E-state index in [9.17, 15) is 14.9 Å². The van der Waals surface area contributed by atoms with Gasteiger partial charge in [0.25, 0.3) is 11.6 Å². The molecule has 0 radical (unpaired) electrons. The van der Waals surface area contributed by atoms with Crippen LogP contribution < -0.4 is 5.32 Å². The second-order valence-corrected chi connectivity index (χ2v) is 4.21. The maximum atomic E-state index is 12.1. The third-order valence-electron chi connectivity index (χ3n) is 2.76. The van der Waals surface area contributed by atoms with Crippen molar-refractivity contribution in [3.8, 4) is 12.3 Å². The SMILES string of the molecule is C#CC(CCC)NC(=O)c1c(C)cccc1[N+](=O)[O-]. The van der Waals surface area contributed by atoms with Gasteiger partial charge in [0, 0.05) is 6.07 Å². The average Bonchev–Trinajstić information content (AvgIpc) is 2.37. The number of nitro groups is 1. The van der Waals surface area contributed by atoms with Gasteiger partial charge in [0.2, 0.25) is 0 Å². The molecule has 0 bridgehead atoms. The first-order valence-corrected chi connectivity index (χ1v) is 6.02. The Morgan fingerprint density at radius 1 is 1.58 bits per heavy atom. The minimum absolute atomic E-state index is 0.0730. The monoisotopic (exact) mass is 260 g/mol. The molecule has 0 saturated carbocycles. The zero-order chi connectivity index (χ0) is 14.4. The van der Waals surface area contributed by atoms with Gasteiger partial charge in [-0.1, -0.05) is 31.4 Å². The van der Waals surface area contributed by atoms with Crippen molar-refractivity contribution >= 4 is 11.6 Å². The number of terminal acetylenes is 1. The molecule has 0 aliphatic carbocycles. The molecule has 1 N–H and O–H groups in total. The summed E-state index contributed by atoms with van der Waals surface area (Å²) in [6.45, 7) is 3.61. The number of aryl methyl sites for hydroxylation is 1. The number of hydrogen-bond donors (Lipinski definition) is 1. The number of nitro benzene ring substituents is 1. The molecule has 5 nitrogen and oxygen atoms in total. The van der Waals surface area contributed by atoms with Gasteiger partial charge in [0.15, 0.2) is 0 Å². The molecule has 0 aliphatic rings. The Bertz CT molecular complexity index is 532. The Hall–Kier alpha value is -2.35. The third-order valence-corrected chi connectivity index (χ3v) is 2.76. The van der Waals surface area contributed by atoms with E-state index in [4.69, 9.17) is 6.42 Å². The smallest absolute Gasteiger partial charge is 0.282 e. The van der Waals surface area contributed by atoms with Crippen molar-refractivity contribution in [3.05, 3.63) is 39.4 Å².